The quantitative estimate of drug-likeness (QED) is 0.810. The molecule has 4 heteroatoms. The fourth-order valence-electron chi connectivity index (χ4n) is 2.22. The largest absolute Gasteiger partial charge is 0.353 e. The third-order valence-corrected chi connectivity index (χ3v) is 2.80. The molecule has 104 valence electrons. The summed E-state index contributed by atoms with van der Waals surface area (Å²) in [5, 5.41) is 3.41. The highest BCUT2D eigenvalue weighted by Gasteiger charge is 2.17. The van der Waals surface area contributed by atoms with Gasteiger partial charge in [0.1, 0.15) is 0 Å². The molecule has 0 radical (unpaired) electrons. The van der Waals surface area contributed by atoms with Gasteiger partial charge in [0, 0.05) is 31.0 Å². The van der Waals surface area contributed by atoms with Crippen LogP contribution in [-0.4, -0.2) is 41.1 Å². The van der Waals surface area contributed by atoms with Gasteiger partial charge in [0.15, 0.2) is 0 Å². The Labute approximate surface area is 111 Å². The van der Waals surface area contributed by atoms with Crippen LogP contribution in [0.5, 0.6) is 0 Å². The van der Waals surface area contributed by atoms with E-state index in [0.29, 0.717) is 18.0 Å². The van der Waals surface area contributed by atoms with Crippen LogP contribution < -0.4 is 5.32 Å². The Morgan fingerprint density at radius 1 is 1.28 bits per heavy atom. The van der Waals surface area contributed by atoms with Gasteiger partial charge in [0.05, 0.1) is 0 Å². The standard InChI is InChI=1S/C14H28N4/c1-11(2)9-13(10-17(5)6)18-8-7-15-14(18)16-12(3)4/h7-8,11-13H,9-10H2,1-6H3,(H,15,16). The van der Waals surface area contributed by atoms with Crippen molar-refractivity contribution in [3.63, 3.8) is 0 Å². The molecule has 0 bridgehead atoms. The van der Waals surface area contributed by atoms with Crippen molar-refractivity contribution in [2.45, 2.75) is 46.2 Å². The van der Waals surface area contributed by atoms with E-state index in [1.165, 1.54) is 6.42 Å². The second-order valence-electron chi connectivity index (χ2n) is 6.00. The van der Waals surface area contributed by atoms with Crippen molar-refractivity contribution in [1.29, 1.82) is 0 Å². The normalized spacial score (nSPS) is 13.6. The maximum atomic E-state index is 4.43. The van der Waals surface area contributed by atoms with E-state index in [1.807, 2.05) is 6.20 Å². The monoisotopic (exact) mass is 252 g/mol. The number of anilines is 1. The molecule has 1 rings (SSSR count). The van der Waals surface area contributed by atoms with Crippen molar-refractivity contribution in [2.24, 2.45) is 5.92 Å². The Hall–Kier alpha value is -1.03. The first-order valence-electron chi connectivity index (χ1n) is 6.84. The van der Waals surface area contributed by atoms with E-state index in [2.05, 4.69) is 67.8 Å². The molecule has 1 N–H and O–H groups in total. The van der Waals surface area contributed by atoms with E-state index >= 15 is 0 Å². The number of likely N-dealkylation sites (N-methyl/N-ethyl adjacent to an activating group) is 1. The van der Waals surface area contributed by atoms with Crippen LogP contribution in [0.2, 0.25) is 0 Å². The highest BCUT2D eigenvalue weighted by Crippen LogP contribution is 2.22. The summed E-state index contributed by atoms with van der Waals surface area (Å²) < 4.78 is 2.28. The minimum atomic E-state index is 0.408. The summed E-state index contributed by atoms with van der Waals surface area (Å²) in [5.41, 5.74) is 0. The molecule has 0 saturated carbocycles. The summed E-state index contributed by atoms with van der Waals surface area (Å²) in [6.45, 7) is 9.87. The van der Waals surface area contributed by atoms with E-state index in [0.717, 1.165) is 12.5 Å². The van der Waals surface area contributed by atoms with Crippen LogP contribution in [0.15, 0.2) is 12.4 Å². The molecule has 0 aliphatic rings. The zero-order valence-electron chi connectivity index (χ0n) is 12.6. The van der Waals surface area contributed by atoms with Crippen molar-refractivity contribution < 1.29 is 0 Å². The third-order valence-electron chi connectivity index (χ3n) is 2.80. The highest BCUT2D eigenvalue weighted by atomic mass is 15.2. The van der Waals surface area contributed by atoms with Gasteiger partial charge in [-0.15, -0.1) is 0 Å². The molecule has 4 nitrogen and oxygen atoms in total. The first-order chi connectivity index (χ1) is 8.40. The van der Waals surface area contributed by atoms with Gasteiger partial charge in [-0.1, -0.05) is 13.8 Å². The lowest BCUT2D eigenvalue weighted by molar-refractivity contribution is 0.290. The summed E-state index contributed by atoms with van der Waals surface area (Å²) in [6, 6.07) is 0.883. The van der Waals surface area contributed by atoms with Gasteiger partial charge < -0.3 is 14.8 Å². The lowest BCUT2D eigenvalue weighted by Crippen LogP contribution is -2.27. The number of aromatic nitrogens is 2. The van der Waals surface area contributed by atoms with E-state index in [9.17, 15) is 0 Å². The minimum absolute atomic E-state index is 0.408. The molecule has 0 fully saturated rings. The molecule has 1 atom stereocenters. The van der Waals surface area contributed by atoms with Crippen LogP contribution in [-0.2, 0) is 0 Å². The minimum Gasteiger partial charge on any atom is -0.353 e. The van der Waals surface area contributed by atoms with Crippen molar-refractivity contribution in [3.05, 3.63) is 12.4 Å². The summed E-state index contributed by atoms with van der Waals surface area (Å²) in [4.78, 5) is 6.67. The zero-order valence-corrected chi connectivity index (χ0v) is 12.6. The van der Waals surface area contributed by atoms with Gasteiger partial charge in [-0.2, -0.15) is 0 Å². The maximum absolute atomic E-state index is 4.43. The van der Waals surface area contributed by atoms with Crippen LogP contribution in [0.25, 0.3) is 0 Å². The summed E-state index contributed by atoms with van der Waals surface area (Å²) in [5.74, 6) is 1.67. The first kappa shape index (κ1) is 15.0. The van der Waals surface area contributed by atoms with E-state index in [4.69, 9.17) is 0 Å². The number of imidazole rings is 1. The number of hydrogen-bond acceptors (Lipinski definition) is 3. The van der Waals surface area contributed by atoms with Crippen molar-refractivity contribution in [3.8, 4) is 0 Å². The molecular weight excluding hydrogens is 224 g/mol. The van der Waals surface area contributed by atoms with Gasteiger partial charge in [-0.3, -0.25) is 0 Å². The van der Waals surface area contributed by atoms with Gasteiger partial charge in [0.25, 0.3) is 0 Å². The molecule has 1 aromatic heterocycles. The highest BCUT2D eigenvalue weighted by molar-refractivity contribution is 5.27. The second-order valence-corrected chi connectivity index (χ2v) is 6.00. The molecule has 0 saturated heterocycles. The zero-order chi connectivity index (χ0) is 13.7. The van der Waals surface area contributed by atoms with Crippen LogP contribution in [0.1, 0.15) is 40.2 Å². The average molecular weight is 252 g/mol. The predicted octanol–water partition coefficient (Wildman–Crippen LogP) is 2.85. The summed E-state index contributed by atoms with van der Waals surface area (Å²) in [6.07, 6.45) is 5.14. The first-order valence-corrected chi connectivity index (χ1v) is 6.84. The van der Waals surface area contributed by atoms with Crippen LogP contribution >= 0.6 is 0 Å². The smallest absolute Gasteiger partial charge is 0.203 e. The number of hydrogen-bond donors (Lipinski definition) is 1. The maximum Gasteiger partial charge on any atom is 0.203 e. The molecule has 0 spiro atoms. The topological polar surface area (TPSA) is 33.1 Å². The Kier molecular flexibility index (Phi) is 5.66. The Morgan fingerprint density at radius 2 is 1.94 bits per heavy atom. The lowest BCUT2D eigenvalue weighted by atomic mass is 10.0. The Balaban J connectivity index is 2.86. The molecule has 1 aromatic rings. The fourth-order valence-corrected chi connectivity index (χ4v) is 2.22. The van der Waals surface area contributed by atoms with Crippen molar-refractivity contribution in [1.82, 2.24) is 14.5 Å². The van der Waals surface area contributed by atoms with E-state index in [1.54, 1.807) is 0 Å². The van der Waals surface area contributed by atoms with Crippen LogP contribution in [0.4, 0.5) is 5.95 Å². The molecule has 1 heterocycles. The third kappa shape index (κ3) is 4.69. The van der Waals surface area contributed by atoms with Crippen LogP contribution in [0.3, 0.4) is 0 Å². The van der Waals surface area contributed by atoms with Gasteiger partial charge in [-0.25, -0.2) is 4.98 Å². The molecule has 0 amide bonds. The number of nitrogens with one attached hydrogen (secondary N) is 1. The Morgan fingerprint density at radius 3 is 2.44 bits per heavy atom. The van der Waals surface area contributed by atoms with Crippen LogP contribution in [0, 0.1) is 5.92 Å². The number of rotatable bonds is 7. The SMILES string of the molecule is CC(C)CC(CN(C)C)n1ccnc1NC(C)C. The van der Waals surface area contributed by atoms with Gasteiger partial charge >= 0.3 is 0 Å². The molecule has 1 unspecified atom stereocenters. The second kappa shape index (κ2) is 6.78. The van der Waals surface area contributed by atoms with Gasteiger partial charge in [0.2, 0.25) is 5.95 Å². The van der Waals surface area contributed by atoms with Crippen molar-refractivity contribution in [2.75, 3.05) is 26.0 Å². The van der Waals surface area contributed by atoms with Gasteiger partial charge in [-0.05, 0) is 40.3 Å². The predicted molar refractivity (Wildman–Crippen MR) is 78.0 cm³/mol. The average Bonchev–Trinajstić information content (AvgIpc) is 2.62. The number of nitrogens with zero attached hydrogens (tertiary/aromatic N) is 3. The molecular formula is C14H28N4. The molecule has 0 aliphatic carbocycles. The van der Waals surface area contributed by atoms with Crippen molar-refractivity contribution >= 4 is 5.95 Å². The fraction of sp³-hybridized carbons (Fsp3) is 0.786. The summed E-state index contributed by atoms with van der Waals surface area (Å²) >= 11 is 0. The lowest BCUT2D eigenvalue weighted by Gasteiger charge is -2.26. The molecule has 0 aliphatic heterocycles. The molecule has 18 heavy (non-hydrogen) atoms. The van der Waals surface area contributed by atoms with E-state index < -0.39 is 0 Å². The summed E-state index contributed by atoms with van der Waals surface area (Å²) in [7, 11) is 4.25. The Bertz CT molecular complexity index is 331. The molecule has 0 aromatic carbocycles. The van der Waals surface area contributed by atoms with E-state index in [-0.39, 0.29) is 0 Å².